The van der Waals surface area contributed by atoms with Crippen molar-refractivity contribution in [2.45, 2.75) is 34.6 Å². The molecule has 0 saturated heterocycles. The van der Waals surface area contributed by atoms with Gasteiger partial charge in [-0.05, 0) is 116 Å². The highest BCUT2D eigenvalue weighted by atomic mass is 15.0. The minimum atomic E-state index is 0.0777. The number of rotatable bonds is 2. The molecule has 3 heterocycles. The largest absolute Gasteiger partial charge is 0.356 e. The molecule has 9 rings (SSSR count). The number of nitrogens with one attached hydrogen (secondary N) is 1. The van der Waals surface area contributed by atoms with Crippen LogP contribution in [0.25, 0.3) is 54.6 Å². The van der Waals surface area contributed by atoms with Crippen LogP contribution < -0.4 is 21.7 Å². The number of benzene rings is 6. The average molecular weight is 590 g/mol. The van der Waals surface area contributed by atoms with Gasteiger partial charge >= 0.3 is 0 Å². The van der Waals surface area contributed by atoms with Crippen molar-refractivity contribution in [2.24, 2.45) is 0 Å². The van der Waals surface area contributed by atoms with Crippen LogP contribution in [0.4, 0.5) is 17.1 Å². The van der Waals surface area contributed by atoms with Crippen molar-refractivity contribution in [1.29, 1.82) is 0 Å². The monoisotopic (exact) mass is 589 g/mol. The fraction of sp³-hybridized carbons (Fsp3) is 0.119. The Balaban J connectivity index is 1.44. The second kappa shape index (κ2) is 9.49. The van der Waals surface area contributed by atoms with Gasteiger partial charge in [0.25, 0.3) is 6.71 Å². The number of hydrogen-bond acceptors (Lipinski definition) is 1. The summed E-state index contributed by atoms with van der Waals surface area (Å²) >= 11 is 0. The molecule has 1 N–H and O–H groups in total. The molecular formula is C42H32BN3. The van der Waals surface area contributed by atoms with E-state index in [1.165, 1.54) is 88.5 Å². The Morgan fingerprint density at radius 3 is 2.24 bits per heavy atom. The van der Waals surface area contributed by atoms with E-state index < -0.39 is 0 Å². The van der Waals surface area contributed by atoms with Crippen molar-refractivity contribution in [3.05, 3.63) is 136 Å². The standard InChI is InChI=1S/C42H32BN3/c1-23-10-12-27(5)31(14-23)33-16-25(3)18-35-41(33)45-37-21-29(28-8-7-9-30(20-28)44-6)22-39-40(37)43(35)36-19-26(4)17-34-32-15-24(2)11-13-38(32)46(39)42(34)36/h7-22,45H,1-5H3. The van der Waals surface area contributed by atoms with Crippen LogP contribution in [0.1, 0.15) is 27.8 Å². The molecule has 0 saturated carbocycles. The van der Waals surface area contributed by atoms with Crippen molar-refractivity contribution >= 4 is 62.0 Å². The van der Waals surface area contributed by atoms with Gasteiger partial charge in [0.1, 0.15) is 0 Å². The van der Waals surface area contributed by atoms with Crippen LogP contribution in [0.15, 0.2) is 97.1 Å². The van der Waals surface area contributed by atoms with E-state index in [2.05, 4.69) is 128 Å². The molecule has 0 aliphatic carbocycles. The van der Waals surface area contributed by atoms with Gasteiger partial charge in [-0.3, -0.25) is 0 Å². The van der Waals surface area contributed by atoms with Gasteiger partial charge in [0.15, 0.2) is 5.69 Å². The first kappa shape index (κ1) is 26.8. The molecule has 0 unspecified atom stereocenters. The minimum Gasteiger partial charge on any atom is -0.356 e. The molecule has 4 heteroatoms. The van der Waals surface area contributed by atoms with E-state index in [1.807, 2.05) is 18.2 Å². The van der Waals surface area contributed by atoms with Crippen molar-refractivity contribution in [2.75, 3.05) is 5.32 Å². The Hall–Kier alpha value is -5.53. The SMILES string of the molecule is [C-]#[N+]c1cccc(-c2cc3c4c(c2)-n2c5ccc(C)cc5c5cc(C)cc(c52)B4c2cc(C)cc(-c4cc(C)ccc4C)c2N3)c1. The average Bonchev–Trinajstić information content (AvgIpc) is 3.37. The zero-order valence-electron chi connectivity index (χ0n) is 26.7. The second-order valence-electron chi connectivity index (χ2n) is 13.4. The fourth-order valence-electron chi connectivity index (χ4n) is 8.10. The summed E-state index contributed by atoms with van der Waals surface area (Å²) in [5.74, 6) is 0. The molecule has 1 aromatic heterocycles. The summed E-state index contributed by atoms with van der Waals surface area (Å²) in [5.41, 5.74) is 21.7. The molecule has 0 bridgehead atoms. The van der Waals surface area contributed by atoms with Crippen molar-refractivity contribution < 1.29 is 0 Å². The highest BCUT2D eigenvalue weighted by molar-refractivity contribution is 7.00. The van der Waals surface area contributed by atoms with Crippen molar-refractivity contribution in [3.8, 4) is 27.9 Å². The Morgan fingerprint density at radius 2 is 1.39 bits per heavy atom. The van der Waals surface area contributed by atoms with Gasteiger partial charge in [-0.2, -0.15) is 0 Å². The highest BCUT2D eigenvalue weighted by Gasteiger charge is 2.40. The first-order chi connectivity index (χ1) is 22.3. The normalized spacial score (nSPS) is 12.6. The molecule has 218 valence electrons. The van der Waals surface area contributed by atoms with Crippen LogP contribution >= 0.6 is 0 Å². The van der Waals surface area contributed by atoms with Gasteiger partial charge in [0, 0.05) is 38.9 Å². The summed E-state index contributed by atoms with van der Waals surface area (Å²) in [5, 5.41) is 6.61. The molecule has 3 nitrogen and oxygen atoms in total. The van der Waals surface area contributed by atoms with Crippen LogP contribution in [-0.2, 0) is 0 Å². The number of nitrogens with zero attached hydrogens (tertiary/aromatic N) is 2. The number of aromatic nitrogens is 1. The van der Waals surface area contributed by atoms with Gasteiger partial charge < -0.3 is 9.88 Å². The number of anilines is 2. The molecule has 46 heavy (non-hydrogen) atoms. The number of fused-ring (bicyclic) bond motifs is 7. The zero-order chi connectivity index (χ0) is 31.4. The summed E-state index contributed by atoms with van der Waals surface area (Å²) in [4.78, 5) is 3.75. The second-order valence-corrected chi connectivity index (χ2v) is 13.4. The molecular weight excluding hydrogens is 557 g/mol. The molecule has 2 aliphatic heterocycles. The molecule has 0 spiro atoms. The lowest BCUT2D eigenvalue weighted by molar-refractivity contribution is 1.19. The highest BCUT2D eigenvalue weighted by Crippen LogP contribution is 2.42. The maximum Gasteiger partial charge on any atom is 0.252 e. The smallest absolute Gasteiger partial charge is 0.252 e. The fourth-order valence-corrected chi connectivity index (χ4v) is 8.10. The zero-order valence-corrected chi connectivity index (χ0v) is 26.7. The summed E-state index contributed by atoms with van der Waals surface area (Å²) < 4.78 is 2.50. The molecule has 0 radical (unpaired) electrons. The maximum absolute atomic E-state index is 7.67. The van der Waals surface area contributed by atoms with Gasteiger partial charge in [-0.15, -0.1) is 0 Å². The van der Waals surface area contributed by atoms with Crippen LogP contribution in [0, 0.1) is 41.2 Å². The molecule has 0 amide bonds. The summed E-state index contributed by atoms with van der Waals surface area (Å²) in [6, 6.07) is 35.8. The molecule has 0 fully saturated rings. The van der Waals surface area contributed by atoms with Crippen molar-refractivity contribution in [1.82, 2.24) is 4.57 Å². The summed E-state index contributed by atoms with van der Waals surface area (Å²) in [7, 11) is 0. The number of hydrogen-bond donors (Lipinski definition) is 1. The lowest BCUT2D eigenvalue weighted by Crippen LogP contribution is -2.59. The van der Waals surface area contributed by atoms with Crippen LogP contribution in [0.5, 0.6) is 0 Å². The lowest BCUT2D eigenvalue weighted by atomic mass is 9.33. The van der Waals surface area contributed by atoms with Crippen molar-refractivity contribution in [3.63, 3.8) is 0 Å². The van der Waals surface area contributed by atoms with E-state index in [0.29, 0.717) is 5.69 Å². The minimum absolute atomic E-state index is 0.0777. The molecule has 7 aromatic rings. The Bertz CT molecular complexity index is 2530. The van der Waals surface area contributed by atoms with Gasteiger partial charge in [0.05, 0.1) is 12.1 Å². The van der Waals surface area contributed by atoms with Crippen LogP contribution in [0.3, 0.4) is 0 Å². The first-order valence-corrected chi connectivity index (χ1v) is 16.0. The predicted octanol–water partition coefficient (Wildman–Crippen LogP) is 9.10. The lowest BCUT2D eigenvalue weighted by Gasteiger charge is -2.36. The van der Waals surface area contributed by atoms with E-state index in [1.54, 1.807) is 0 Å². The van der Waals surface area contributed by atoms with Gasteiger partial charge in [-0.1, -0.05) is 76.9 Å². The summed E-state index contributed by atoms with van der Waals surface area (Å²) in [6.45, 7) is 18.8. The van der Waals surface area contributed by atoms with E-state index in [0.717, 1.165) is 16.8 Å². The van der Waals surface area contributed by atoms with E-state index in [4.69, 9.17) is 6.57 Å². The maximum atomic E-state index is 7.67. The third-order valence-corrected chi connectivity index (χ3v) is 10.1. The van der Waals surface area contributed by atoms with E-state index >= 15 is 0 Å². The Morgan fingerprint density at radius 1 is 0.652 bits per heavy atom. The van der Waals surface area contributed by atoms with E-state index in [9.17, 15) is 0 Å². The Kier molecular flexibility index (Phi) is 5.54. The predicted molar refractivity (Wildman–Crippen MR) is 196 cm³/mol. The summed E-state index contributed by atoms with van der Waals surface area (Å²) in [6.07, 6.45) is 0. The quantitative estimate of drug-likeness (QED) is 0.158. The molecule has 2 aliphatic rings. The third-order valence-electron chi connectivity index (χ3n) is 10.1. The van der Waals surface area contributed by atoms with Crippen LogP contribution in [0.2, 0.25) is 0 Å². The molecule has 0 atom stereocenters. The van der Waals surface area contributed by atoms with E-state index in [-0.39, 0.29) is 6.71 Å². The van der Waals surface area contributed by atoms with Gasteiger partial charge in [-0.25, -0.2) is 4.85 Å². The third kappa shape index (κ3) is 3.72. The van der Waals surface area contributed by atoms with Crippen LogP contribution in [-0.4, -0.2) is 11.3 Å². The molecule has 6 aromatic carbocycles. The first-order valence-electron chi connectivity index (χ1n) is 16.0. The number of aryl methyl sites for hydroxylation is 5. The van der Waals surface area contributed by atoms with Gasteiger partial charge in [0.2, 0.25) is 0 Å². The Labute approximate surface area is 270 Å². The topological polar surface area (TPSA) is 21.3 Å².